The molecule has 2 aromatic carbocycles. The lowest BCUT2D eigenvalue weighted by molar-refractivity contribution is 0.112. The van der Waals surface area contributed by atoms with Crippen LogP contribution in [-0.2, 0) is 0 Å². The number of hydrogen-bond donors (Lipinski definition) is 1. The summed E-state index contributed by atoms with van der Waals surface area (Å²) in [6.45, 7) is 6.00. The highest BCUT2D eigenvalue weighted by Gasteiger charge is 2.21. The number of aryl methyl sites for hydroxylation is 2. The van der Waals surface area contributed by atoms with E-state index in [-0.39, 0.29) is 0 Å². The second kappa shape index (κ2) is 8.40. The van der Waals surface area contributed by atoms with E-state index in [9.17, 15) is 4.79 Å². The van der Waals surface area contributed by atoms with E-state index in [0.29, 0.717) is 23.1 Å². The Balaban J connectivity index is 1.68. The van der Waals surface area contributed by atoms with Gasteiger partial charge in [-0.1, -0.05) is 6.07 Å². The van der Waals surface area contributed by atoms with Crippen molar-refractivity contribution in [2.24, 2.45) is 10.9 Å². The van der Waals surface area contributed by atoms with E-state index in [1.165, 1.54) is 0 Å². The van der Waals surface area contributed by atoms with Gasteiger partial charge in [0.15, 0.2) is 17.8 Å². The molecule has 0 unspecified atom stereocenters. The Morgan fingerprint density at radius 1 is 1.20 bits per heavy atom. The van der Waals surface area contributed by atoms with Gasteiger partial charge in [-0.3, -0.25) is 4.79 Å². The molecule has 0 atom stereocenters. The Bertz CT molecular complexity index is 1110. The summed E-state index contributed by atoms with van der Waals surface area (Å²) in [7, 11) is 4.05. The third kappa shape index (κ3) is 4.00. The highest BCUT2D eigenvalue weighted by atomic mass is 16.3. The van der Waals surface area contributed by atoms with Gasteiger partial charge in [-0.2, -0.15) is 0 Å². The molecule has 0 saturated carbocycles. The SMILES string of the molecule is CN/C(=N\c1ccc(-c2cc(C)c3nc(C)oc3c2)cc1C=O)C1CCN(C)CC1. The largest absolute Gasteiger partial charge is 0.441 e. The van der Waals surface area contributed by atoms with Gasteiger partial charge in [0.25, 0.3) is 0 Å². The van der Waals surface area contributed by atoms with Crippen LogP contribution < -0.4 is 5.32 Å². The van der Waals surface area contributed by atoms with Gasteiger partial charge >= 0.3 is 0 Å². The topological polar surface area (TPSA) is 70.7 Å². The Kier molecular flexibility index (Phi) is 5.68. The third-order valence-corrected chi connectivity index (χ3v) is 5.88. The molecule has 156 valence electrons. The van der Waals surface area contributed by atoms with Crippen molar-refractivity contribution in [3.63, 3.8) is 0 Å². The van der Waals surface area contributed by atoms with E-state index in [4.69, 9.17) is 9.41 Å². The molecule has 6 heteroatoms. The standard InChI is InChI=1S/C24H28N4O2/c1-15-11-19(13-22-23(15)26-16(2)30-22)18-5-6-21(20(12-18)14-29)27-24(25-3)17-7-9-28(4)10-8-17/h5-6,11-14,17H,7-10H2,1-4H3,(H,25,27). The Morgan fingerprint density at radius 2 is 1.97 bits per heavy atom. The van der Waals surface area contributed by atoms with E-state index < -0.39 is 0 Å². The van der Waals surface area contributed by atoms with Crippen molar-refractivity contribution in [1.29, 1.82) is 0 Å². The molecule has 4 rings (SSSR count). The number of nitrogens with zero attached hydrogens (tertiary/aromatic N) is 3. The molecule has 1 aliphatic heterocycles. The number of oxazole rings is 1. The fraction of sp³-hybridized carbons (Fsp3) is 0.375. The summed E-state index contributed by atoms with van der Waals surface area (Å²) in [6, 6.07) is 9.90. The van der Waals surface area contributed by atoms with Crippen molar-refractivity contribution in [3.8, 4) is 11.1 Å². The van der Waals surface area contributed by atoms with E-state index >= 15 is 0 Å². The monoisotopic (exact) mass is 404 g/mol. The summed E-state index contributed by atoms with van der Waals surface area (Å²) in [5.74, 6) is 2.00. The molecular formula is C24H28N4O2. The smallest absolute Gasteiger partial charge is 0.192 e. The summed E-state index contributed by atoms with van der Waals surface area (Å²) in [5, 5.41) is 3.26. The molecule has 0 spiro atoms. The maximum absolute atomic E-state index is 11.9. The zero-order valence-corrected chi connectivity index (χ0v) is 18.0. The molecule has 6 nitrogen and oxygen atoms in total. The van der Waals surface area contributed by atoms with Crippen LogP contribution in [0.25, 0.3) is 22.2 Å². The van der Waals surface area contributed by atoms with Gasteiger partial charge in [0, 0.05) is 25.5 Å². The second-order valence-corrected chi connectivity index (χ2v) is 8.09. The maximum atomic E-state index is 11.9. The molecule has 1 N–H and O–H groups in total. The van der Waals surface area contributed by atoms with Crippen molar-refractivity contribution in [3.05, 3.63) is 47.3 Å². The third-order valence-electron chi connectivity index (χ3n) is 5.88. The van der Waals surface area contributed by atoms with E-state index in [1.54, 1.807) is 0 Å². The van der Waals surface area contributed by atoms with Crippen LogP contribution in [0.3, 0.4) is 0 Å². The average molecular weight is 405 g/mol. The van der Waals surface area contributed by atoms with Crippen molar-refractivity contribution in [2.45, 2.75) is 26.7 Å². The molecule has 0 bridgehead atoms. The number of likely N-dealkylation sites (tertiary alicyclic amines) is 1. The fourth-order valence-corrected chi connectivity index (χ4v) is 4.17. The molecule has 3 aromatic rings. The lowest BCUT2D eigenvalue weighted by atomic mass is 9.95. The molecule has 0 aliphatic carbocycles. The fourth-order valence-electron chi connectivity index (χ4n) is 4.17. The number of carbonyl (C=O) groups excluding carboxylic acids is 1. The van der Waals surface area contributed by atoms with E-state index in [0.717, 1.165) is 65.8 Å². The number of amidine groups is 1. The minimum Gasteiger partial charge on any atom is -0.441 e. The zero-order valence-electron chi connectivity index (χ0n) is 18.0. The number of carbonyl (C=O) groups is 1. The predicted molar refractivity (Wildman–Crippen MR) is 121 cm³/mol. The molecule has 1 aromatic heterocycles. The number of nitrogens with one attached hydrogen (secondary N) is 1. The normalized spacial score (nSPS) is 16.2. The van der Waals surface area contributed by atoms with Crippen LogP contribution in [-0.4, -0.2) is 49.2 Å². The average Bonchev–Trinajstić information content (AvgIpc) is 3.13. The van der Waals surface area contributed by atoms with Crippen LogP contribution in [0.1, 0.15) is 34.7 Å². The van der Waals surface area contributed by atoms with E-state index in [1.807, 2.05) is 45.2 Å². The summed E-state index contributed by atoms with van der Waals surface area (Å²) >= 11 is 0. The number of piperidine rings is 1. The Morgan fingerprint density at radius 3 is 2.67 bits per heavy atom. The lowest BCUT2D eigenvalue weighted by Crippen LogP contribution is -2.37. The van der Waals surface area contributed by atoms with Gasteiger partial charge < -0.3 is 14.6 Å². The van der Waals surface area contributed by atoms with Crippen molar-refractivity contribution < 1.29 is 9.21 Å². The van der Waals surface area contributed by atoms with Crippen LogP contribution in [0.5, 0.6) is 0 Å². The van der Waals surface area contributed by atoms with Gasteiger partial charge in [-0.15, -0.1) is 0 Å². The number of benzene rings is 2. The molecule has 1 saturated heterocycles. The molecule has 1 fully saturated rings. The first-order valence-corrected chi connectivity index (χ1v) is 10.4. The van der Waals surface area contributed by atoms with Gasteiger partial charge in [0.1, 0.15) is 11.4 Å². The van der Waals surface area contributed by atoms with Gasteiger partial charge in [0.2, 0.25) is 0 Å². The first kappa shape index (κ1) is 20.3. The molecule has 0 radical (unpaired) electrons. The molecular weight excluding hydrogens is 376 g/mol. The summed E-state index contributed by atoms with van der Waals surface area (Å²) in [6.07, 6.45) is 3.02. The summed E-state index contributed by atoms with van der Waals surface area (Å²) < 4.78 is 5.72. The summed E-state index contributed by atoms with van der Waals surface area (Å²) in [5.41, 5.74) is 5.93. The highest BCUT2D eigenvalue weighted by Crippen LogP contribution is 2.31. The van der Waals surface area contributed by atoms with E-state index in [2.05, 4.69) is 28.3 Å². The summed E-state index contributed by atoms with van der Waals surface area (Å²) in [4.78, 5) is 23.5. The van der Waals surface area contributed by atoms with Gasteiger partial charge in [-0.25, -0.2) is 9.98 Å². The molecule has 30 heavy (non-hydrogen) atoms. The first-order valence-electron chi connectivity index (χ1n) is 10.4. The minimum absolute atomic E-state index is 0.394. The Labute approximate surface area is 177 Å². The van der Waals surface area contributed by atoms with Crippen molar-refractivity contribution in [1.82, 2.24) is 15.2 Å². The van der Waals surface area contributed by atoms with Crippen LogP contribution in [0.15, 0.2) is 39.7 Å². The van der Waals surface area contributed by atoms with Crippen LogP contribution >= 0.6 is 0 Å². The van der Waals surface area contributed by atoms with Crippen LogP contribution in [0.4, 0.5) is 5.69 Å². The Hall–Kier alpha value is -2.99. The first-order chi connectivity index (χ1) is 14.5. The predicted octanol–water partition coefficient (Wildman–Crippen LogP) is 4.52. The highest BCUT2D eigenvalue weighted by molar-refractivity contribution is 5.93. The molecule has 2 heterocycles. The number of aldehydes is 1. The number of fused-ring (bicyclic) bond motifs is 1. The number of hydrogen-bond acceptors (Lipinski definition) is 5. The zero-order chi connectivity index (χ0) is 21.3. The molecule has 1 aliphatic rings. The number of aliphatic imine (C=N–C) groups is 1. The quantitative estimate of drug-likeness (QED) is 0.393. The number of rotatable bonds is 4. The number of aromatic nitrogens is 1. The van der Waals surface area contributed by atoms with Crippen LogP contribution in [0, 0.1) is 19.8 Å². The maximum Gasteiger partial charge on any atom is 0.192 e. The minimum atomic E-state index is 0.394. The second-order valence-electron chi connectivity index (χ2n) is 8.09. The molecule has 0 amide bonds. The van der Waals surface area contributed by atoms with Gasteiger partial charge in [-0.05, 0) is 80.9 Å². The van der Waals surface area contributed by atoms with Gasteiger partial charge in [0.05, 0.1) is 5.69 Å². The van der Waals surface area contributed by atoms with Crippen LogP contribution in [0.2, 0.25) is 0 Å². The van der Waals surface area contributed by atoms with Crippen molar-refractivity contribution in [2.75, 3.05) is 27.2 Å². The lowest BCUT2D eigenvalue weighted by Gasteiger charge is -2.29. The van der Waals surface area contributed by atoms with Crippen molar-refractivity contribution >= 4 is 28.9 Å².